The van der Waals surface area contributed by atoms with Crippen LogP contribution in [0, 0.1) is 19.8 Å². The van der Waals surface area contributed by atoms with Crippen molar-refractivity contribution >= 4 is 0 Å². The predicted octanol–water partition coefficient (Wildman–Crippen LogP) is 5.03. The molecule has 0 amide bonds. The van der Waals surface area contributed by atoms with Crippen LogP contribution in [0.15, 0.2) is 48.5 Å². The molecular weight excluding hydrogens is 254 g/mol. The first-order valence-electron chi connectivity index (χ1n) is 7.87. The van der Waals surface area contributed by atoms with Crippen molar-refractivity contribution in [3.8, 4) is 0 Å². The van der Waals surface area contributed by atoms with E-state index in [-0.39, 0.29) is 6.04 Å². The number of rotatable bonds is 5. The third-order valence-corrected chi connectivity index (χ3v) is 4.30. The fourth-order valence-corrected chi connectivity index (χ4v) is 2.62. The van der Waals surface area contributed by atoms with Gasteiger partial charge in [0.2, 0.25) is 0 Å². The van der Waals surface area contributed by atoms with Gasteiger partial charge in [-0.3, -0.25) is 0 Å². The van der Waals surface area contributed by atoms with Crippen LogP contribution >= 0.6 is 0 Å². The molecule has 1 nitrogen and oxygen atoms in total. The Hall–Kier alpha value is -1.60. The quantitative estimate of drug-likeness (QED) is 0.810. The van der Waals surface area contributed by atoms with Crippen LogP contribution in [0.5, 0.6) is 0 Å². The maximum Gasteiger partial charge on any atom is 0.0581 e. The maximum atomic E-state index is 3.81. The average Bonchev–Trinajstić information content (AvgIpc) is 2.46. The summed E-state index contributed by atoms with van der Waals surface area (Å²) in [6.45, 7) is 11.2. The van der Waals surface area contributed by atoms with Crippen molar-refractivity contribution in [1.29, 1.82) is 0 Å². The van der Waals surface area contributed by atoms with E-state index >= 15 is 0 Å². The van der Waals surface area contributed by atoms with Crippen molar-refractivity contribution in [1.82, 2.24) is 5.32 Å². The zero-order chi connectivity index (χ0) is 15.4. The van der Waals surface area contributed by atoms with Crippen LogP contribution in [0.1, 0.15) is 49.1 Å². The summed E-state index contributed by atoms with van der Waals surface area (Å²) in [4.78, 5) is 0. The van der Waals surface area contributed by atoms with Crippen molar-refractivity contribution in [2.75, 3.05) is 0 Å². The first-order valence-corrected chi connectivity index (χ1v) is 7.87. The van der Waals surface area contributed by atoms with Gasteiger partial charge in [-0.25, -0.2) is 0 Å². The summed E-state index contributed by atoms with van der Waals surface area (Å²) in [5.41, 5.74) is 5.38. The van der Waals surface area contributed by atoms with Crippen LogP contribution in [0.2, 0.25) is 0 Å². The van der Waals surface area contributed by atoms with E-state index < -0.39 is 0 Å². The Labute approximate surface area is 129 Å². The molecule has 0 saturated heterocycles. The van der Waals surface area contributed by atoms with Crippen LogP contribution < -0.4 is 5.32 Å². The second-order valence-corrected chi connectivity index (χ2v) is 6.40. The molecule has 2 unspecified atom stereocenters. The van der Waals surface area contributed by atoms with Crippen LogP contribution in [-0.2, 0) is 0 Å². The summed E-state index contributed by atoms with van der Waals surface area (Å²) in [5.74, 6) is 0.613. The van der Waals surface area contributed by atoms with Crippen LogP contribution in [-0.4, -0.2) is 6.04 Å². The van der Waals surface area contributed by atoms with E-state index in [9.17, 15) is 0 Å². The van der Waals surface area contributed by atoms with Gasteiger partial charge >= 0.3 is 0 Å². The Morgan fingerprint density at radius 2 is 1.52 bits per heavy atom. The largest absolute Gasteiger partial charge is 0.303 e. The van der Waals surface area contributed by atoms with E-state index in [0.717, 1.165) is 0 Å². The van der Waals surface area contributed by atoms with E-state index in [2.05, 4.69) is 88.5 Å². The highest BCUT2D eigenvalue weighted by Crippen LogP contribution is 2.26. The van der Waals surface area contributed by atoms with Crippen molar-refractivity contribution in [3.63, 3.8) is 0 Å². The lowest BCUT2D eigenvalue weighted by Gasteiger charge is -2.28. The second kappa shape index (κ2) is 6.91. The van der Waals surface area contributed by atoms with Gasteiger partial charge in [-0.15, -0.1) is 0 Å². The Morgan fingerprint density at radius 3 is 2.10 bits per heavy atom. The molecule has 21 heavy (non-hydrogen) atoms. The molecule has 0 aliphatic rings. The molecule has 112 valence electrons. The standard InChI is InChI=1S/C20H27N/c1-14(2)17(5)21-20(18-9-7-6-8-10-18)19-12-11-15(3)13-16(19)4/h6-14,17,20-21H,1-5H3. The van der Waals surface area contributed by atoms with Crippen LogP contribution in [0.3, 0.4) is 0 Å². The molecule has 0 fully saturated rings. The van der Waals surface area contributed by atoms with Gasteiger partial charge in [0, 0.05) is 6.04 Å². The third-order valence-electron chi connectivity index (χ3n) is 4.30. The number of hydrogen-bond acceptors (Lipinski definition) is 1. The molecule has 2 rings (SSSR count). The van der Waals surface area contributed by atoms with Gasteiger partial charge in [-0.2, -0.15) is 0 Å². The molecule has 0 aromatic heterocycles. The van der Waals surface area contributed by atoms with Crippen molar-refractivity contribution in [3.05, 3.63) is 70.8 Å². The average molecular weight is 281 g/mol. The van der Waals surface area contributed by atoms with E-state index in [1.165, 1.54) is 22.3 Å². The molecule has 0 radical (unpaired) electrons. The summed E-state index contributed by atoms with van der Waals surface area (Å²) < 4.78 is 0. The number of hydrogen-bond donors (Lipinski definition) is 1. The van der Waals surface area contributed by atoms with Gasteiger partial charge in [-0.05, 0) is 43.4 Å². The summed E-state index contributed by atoms with van der Waals surface area (Å²) in [6.07, 6.45) is 0. The number of nitrogens with one attached hydrogen (secondary N) is 1. The molecule has 2 atom stereocenters. The minimum absolute atomic E-state index is 0.254. The van der Waals surface area contributed by atoms with E-state index in [1.807, 2.05) is 0 Å². The van der Waals surface area contributed by atoms with Gasteiger partial charge in [0.1, 0.15) is 0 Å². The molecule has 2 aromatic carbocycles. The van der Waals surface area contributed by atoms with Gasteiger partial charge in [0.05, 0.1) is 6.04 Å². The molecule has 0 saturated carbocycles. The van der Waals surface area contributed by atoms with Crippen LogP contribution in [0.25, 0.3) is 0 Å². The molecular formula is C20H27N. The molecule has 2 aromatic rings. The summed E-state index contributed by atoms with van der Waals surface area (Å²) in [6, 6.07) is 18.2. The normalized spacial score (nSPS) is 14.2. The van der Waals surface area contributed by atoms with Crippen molar-refractivity contribution in [2.24, 2.45) is 5.92 Å². The predicted molar refractivity (Wildman–Crippen MR) is 91.6 cm³/mol. The van der Waals surface area contributed by atoms with Crippen LogP contribution in [0.4, 0.5) is 0 Å². The minimum Gasteiger partial charge on any atom is -0.303 e. The molecule has 1 N–H and O–H groups in total. The molecule has 0 heterocycles. The minimum atomic E-state index is 0.254. The SMILES string of the molecule is Cc1ccc(C(NC(C)C(C)C)c2ccccc2)c(C)c1. The summed E-state index contributed by atoms with van der Waals surface area (Å²) >= 11 is 0. The Morgan fingerprint density at radius 1 is 0.857 bits per heavy atom. The Kier molecular flexibility index (Phi) is 5.19. The highest BCUT2D eigenvalue weighted by molar-refractivity contribution is 5.39. The highest BCUT2D eigenvalue weighted by Gasteiger charge is 2.19. The van der Waals surface area contributed by atoms with Gasteiger partial charge in [0.15, 0.2) is 0 Å². The molecule has 1 heteroatoms. The summed E-state index contributed by atoms with van der Waals surface area (Å²) in [5, 5.41) is 3.81. The number of benzene rings is 2. The molecule has 0 spiro atoms. The van der Waals surface area contributed by atoms with E-state index in [4.69, 9.17) is 0 Å². The van der Waals surface area contributed by atoms with Crippen molar-refractivity contribution < 1.29 is 0 Å². The maximum absolute atomic E-state index is 3.81. The molecule has 0 bridgehead atoms. The molecule has 0 aliphatic heterocycles. The first-order chi connectivity index (χ1) is 9.99. The van der Waals surface area contributed by atoms with E-state index in [1.54, 1.807) is 0 Å². The zero-order valence-electron chi connectivity index (χ0n) is 13.9. The lowest BCUT2D eigenvalue weighted by molar-refractivity contribution is 0.399. The van der Waals surface area contributed by atoms with Crippen molar-refractivity contribution in [2.45, 2.75) is 46.7 Å². The smallest absolute Gasteiger partial charge is 0.0581 e. The van der Waals surface area contributed by atoms with Gasteiger partial charge < -0.3 is 5.32 Å². The van der Waals surface area contributed by atoms with Gasteiger partial charge in [0.25, 0.3) is 0 Å². The lowest BCUT2D eigenvalue weighted by atomic mass is 9.92. The zero-order valence-corrected chi connectivity index (χ0v) is 13.9. The highest BCUT2D eigenvalue weighted by atomic mass is 15.0. The lowest BCUT2D eigenvalue weighted by Crippen LogP contribution is -2.35. The second-order valence-electron chi connectivity index (χ2n) is 6.40. The monoisotopic (exact) mass is 281 g/mol. The van der Waals surface area contributed by atoms with Gasteiger partial charge in [-0.1, -0.05) is 67.9 Å². The Balaban J connectivity index is 2.40. The summed E-state index contributed by atoms with van der Waals surface area (Å²) in [7, 11) is 0. The number of aryl methyl sites for hydroxylation is 2. The van der Waals surface area contributed by atoms with E-state index in [0.29, 0.717) is 12.0 Å². The first kappa shape index (κ1) is 15.8. The third kappa shape index (κ3) is 3.95. The topological polar surface area (TPSA) is 12.0 Å². The fourth-order valence-electron chi connectivity index (χ4n) is 2.62. The Bertz CT molecular complexity index is 572. The fraction of sp³-hybridized carbons (Fsp3) is 0.400. The molecule has 0 aliphatic carbocycles.